The summed E-state index contributed by atoms with van der Waals surface area (Å²) in [5.41, 5.74) is 3.64. The van der Waals surface area contributed by atoms with Crippen LogP contribution in [-0.2, 0) is 9.59 Å². The number of benzene rings is 2. The highest BCUT2D eigenvalue weighted by Crippen LogP contribution is 2.20. The van der Waals surface area contributed by atoms with Crippen LogP contribution in [0.25, 0.3) is 0 Å². The quantitative estimate of drug-likeness (QED) is 0.827. The van der Waals surface area contributed by atoms with Crippen LogP contribution < -0.4 is 10.6 Å². The first-order chi connectivity index (χ1) is 13.4. The molecule has 0 saturated carbocycles. The zero-order chi connectivity index (χ0) is 20.1. The summed E-state index contributed by atoms with van der Waals surface area (Å²) in [6.07, 6.45) is 1.40. The number of amides is 2. The van der Waals surface area contributed by atoms with E-state index in [1.807, 2.05) is 26.0 Å². The van der Waals surface area contributed by atoms with Crippen LogP contribution in [0.3, 0.4) is 0 Å². The molecule has 1 heterocycles. The van der Waals surface area contributed by atoms with Crippen LogP contribution in [0.5, 0.6) is 0 Å². The highest BCUT2D eigenvalue weighted by atomic mass is 19.1. The van der Waals surface area contributed by atoms with Gasteiger partial charge in [0.05, 0.1) is 6.54 Å². The second kappa shape index (κ2) is 8.97. The molecule has 28 heavy (non-hydrogen) atoms. The normalized spacial score (nSPS) is 15.2. The molecule has 0 radical (unpaired) electrons. The number of carbonyl (C=O) groups excluding carboxylic acids is 2. The Hall–Kier alpha value is -2.73. The van der Waals surface area contributed by atoms with Gasteiger partial charge in [-0.1, -0.05) is 6.07 Å². The minimum absolute atomic E-state index is 0.0424. The fourth-order valence-corrected chi connectivity index (χ4v) is 3.58. The van der Waals surface area contributed by atoms with Crippen LogP contribution in [0.4, 0.5) is 15.8 Å². The van der Waals surface area contributed by atoms with Crippen LogP contribution in [-0.4, -0.2) is 36.3 Å². The molecule has 2 amide bonds. The van der Waals surface area contributed by atoms with E-state index in [1.165, 1.54) is 12.1 Å². The average Bonchev–Trinajstić information content (AvgIpc) is 2.63. The summed E-state index contributed by atoms with van der Waals surface area (Å²) in [5.74, 6) is -0.514. The Bertz CT molecular complexity index is 823. The number of likely N-dealkylation sites (tertiary alicyclic amines) is 1. The lowest BCUT2D eigenvalue weighted by atomic mass is 9.96. The lowest BCUT2D eigenvalue weighted by Gasteiger charge is -2.30. The van der Waals surface area contributed by atoms with E-state index in [4.69, 9.17) is 0 Å². The zero-order valence-corrected chi connectivity index (χ0v) is 16.3. The van der Waals surface area contributed by atoms with Crippen molar-refractivity contribution in [3.8, 4) is 0 Å². The van der Waals surface area contributed by atoms with E-state index in [0.29, 0.717) is 38.2 Å². The third kappa shape index (κ3) is 5.63. The molecule has 1 aliphatic rings. The molecular formula is C22H26FN3O2. The van der Waals surface area contributed by atoms with E-state index in [0.717, 1.165) is 16.8 Å². The summed E-state index contributed by atoms with van der Waals surface area (Å²) in [4.78, 5) is 26.8. The molecule has 0 aliphatic carbocycles. The smallest absolute Gasteiger partial charge is 0.238 e. The summed E-state index contributed by atoms with van der Waals surface area (Å²) in [6, 6.07) is 11.7. The lowest BCUT2D eigenvalue weighted by Crippen LogP contribution is -2.41. The molecule has 5 nitrogen and oxygen atoms in total. The molecule has 2 N–H and O–H groups in total. The maximum Gasteiger partial charge on any atom is 0.238 e. The van der Waals surface area contributed by atoms with E-state index < -0.39 is 0 Å². The Kier molecular flexibility index (Phi) is 6.41. The minimum Gasteiger partial charge on any atom is -0.326 e. The maximum absolute atomic E-state index is 13.0. The van der Waals surface area contributed by atoms with Crippen molar-refractivity contribution < 1.29 is 14.0 Å². The van der Waals surface area contributed by atoms with Crippen molar-refractivity contribution in [2.45, 2.75) is 26.7 Å². The number of halogens is 1. The van der Waals surface area contributed by atoms with Crippen LogP contribution in [0.15, 0.2) is 42.5 Å². The Morgan fingerprint density at radius 2 is 1.57 bits per heavy atom. The van der Waals surface area contributed by atoms with Gasteiger partial charge in [0, 0.05) is 17.3 Å². The fraction of sp³-hybridized carbons (Fsp3) is 0.364. The lowest BCUT2D eigenvalue weighted by molar-refractivity contribution is -0.121. The van der Waals surface area contributed by atoms with Crippen LogP contribution >= 0.6 is 0 Å². The van der Waals surface area contributed by atoms with Crippen LogP contribution in [0.2, 0.25) is 0 Å². The standard InChI is InChI=1S/C22H26FN3O2/c1-15-11-16(2)13-20(12-15)24-21(27)14-26-9-7-17(8-10-26)22(28)25-19-5-3-18(23)4-6-19/h3-6,11-13,17H,7-10,14H2,1-2H3,(H,24,27)(H,25,28). The molecule has 0 aromatic heterocycles. The van der Waals surface area contributed by atoms with Crippen molar-refractivity contribution in [2.75, 3.05) is 30.3 Å². The van der Waals surface area contributed by atoms with E-state index in [1.54, 1.807) is 12.1 Å². The van der Waals surface area contributed by atoms with Gasteiger partial charge in [0.25, 0.3) is 0 Å². The van der Waals surface area contributed by atoms with E-state index in [-0.39, 0.29) is 23.5 Å². The highest BCUT2D eigenvalue weighted by Gasteiger charge is 2.26. The van der Waals surface area contributed by atoms with Gasteiger partial charge in [-0.2, -0.15) is 0 Å². The predicted octanol–water partition coefficient (Wildman–Crippen LogP) is 3.73. The number of hydrogen-bond donors (Lipinski definition) is 2. The van der Waals surface area contributed by atoms with Gasteiger partial charge in [0.1, 0.15) is 5.82 Å². The summed E-state index contributed by atoms with van der Waals surface area (Å²) in [6.45, 7) is 5.72. The van der Waals surface area contributed by atoms with Gasteiger partial charge in [-0.15, -0.1) is 0 Å². The van der Waals surface area contributed by atoms with E-state index >= 15 is 0 Å². The van der Waals surface area contributed by atoms with E-state index in [2.05, 4.69) is 21.6 Å². The van der Waals surface area contributed by atoms with Crippen molar-refractivity contribution >= 4 is 23.2 Å². The Labute approximate surface area is 164 Å². The molecule has 1 fully saturated rings. The first-order valence-corrected chi connectivity index (χ1v) is 9.56. The number of nitrogens with one attached hydrogen (secondary N) is 2. The van der Waals surface area contributed by atoms with Gasteiger partial charge < -0.3 is 10.6 Å². The summed E-state index contributed by atoms with van der Waals surface area (Å²) in [5, 5.41) is 5.79. The second-order valence-corrected chi connectivity index (χ2v) is 7.47. The number of nitrogens with zero attached hydrogens (tertiary/aromatic N) is 1. The average molecular weight is 383 g/mol. The Morgan fingerprint density at radius 3 is 2.18 bits per heavy atom. The van der Waals surface area contributed by atoms with Gasteiger partial charge in [0.15, 0.2) is 0 Å². The topological polar surface area (TPSA) is 61.4 Å². The van der Waals surface area contributed by atoms with Crippen molar-refractivity contribution in [1.82, 2.24) is 4.90 Å². The number of aryl methyl sites for hydroxylation is 2. The molecule has 1 saturated heterocycles. The Balaban J connectivity index is 1.45. The monoisotopic (exact) mass is 383 g/mol. The molecule has 0 unspecified atom stereocenters. The molecule has 0 atom stereocenters. The second-order valence-electron chi connectivity index (χ2n) is 7.47. The molecule has 6 heteroatoms. The zero-order valence-electron chi connectivity index (χ0n) is 16.3. The van der Waals surface area contributed by atoms with E-state index in [9.17, 15) is 14.0 Å². The van der Waals surface area contributed by atoms with Crippen molar-refractivity contribution in [3.63, 3.8) is 0 Å². The fourth-order valence-electron chi connectivity index (χ4n) is 3.58. The van der Waals surface area contributed by atoms with Crippen LogP contribution in [0.1, 0.15) is 24.0 Å². The van der Waals surface area contributed by atoms with Gasteiger partial charge in [-0.05, 0) is 87.3 Å². The molecule has 1 aliphatic heterocycles. The molecule has 2 aromatic carbocycles. The van der Waals surface area contributed by atoms with Crippen molar-refractivity contribution in [3.05, 3.63) is 59.4 Å². The van der Waals surface area contributed by atoms with Gasteiger partial charge in [-0.25, -0.2) is 4.39 Å². The summed E-state index contributed by atoms with van der Waals surface area (Å²) in [7, 11) is 0. The molecule has 148 valence electrons. The minimum atomic E-state index is -0.328. The number of rotatable bonds is 5. The third-order valence-electron chi connectivity index (χ3n) is 4.94. The molecule has 0 spiro atoms. The molecule has 3 rings (SSSR count). The van der Waals surface area contributed by atoms with Gasteiger partial charge >= 0.3 is 0 Å². The summed E-state index contributed by atoms with van der Waals surface area (Å²) < 4.78 is 13.0. The van der Waals surface area contributed by atoms with Crippen molar-refractivity contribution in [1.29, 1.82) is 0 Å². The Morgan fingerprint density at radius 1 is 0.964 bits per heavy atom. The van der Waals surface area contributed by atoms with Gasteiger partial charge in [-0.3, -0.25) is 14.5 Å². The number of carbonyl (C=O) groups is 2. The third-order valence-corrected chi connectivity index (χ3v) is 4.94. The first kappa shape index (κ1) is 20.0. The van der Waals surface area contributed by atoms with Gasteiger partial charge in [0.2, 0.25) is 11.8 Å². The largest absolute Gasteiger partial charge is 0.326 e. The molecule has 2 aromatic rings. The SMILES string of the molecule is Cc1cc(C)cc(NC(=O)CN2CCC(C(=O)Nc3ccc(F)cc3)CC2)c1. The highest BCUT2D eigenvalue weighted by molar-refractivity contribution is 5.93. The number of hydrogen-bond acceptors (Lipinski definition) is 3. The predicted molar refractivity (Wildman–Crippen MR) is 109 cm³/mol. The van der Waals surface area contributed by atoms with Crippen LogP contribution in [0, 0.1) is 25.6 Å². The summed E-state index contributed by atoms with van der Waals surface area (Å²) >= 11 is 0. The van der Waals surface area contributed by atoms with Crippen molar-refractivity contribution in [2.24, 2.45) is 5.92 Å². The number of piperidine rings is 1. The maximum atomic E-state index is 13.0. The molecular weight excluding hydrogens is 357 g/mol. The molecule has 0 bridgehead atoms. The first-order valence-electron chi connectivity index (χ1n) is 9.56. The number of anilines is 2.